The number of rotatable bonds is 1. The van der Waals surface area contributed by atoms with Crippen LogP contribution in [0.4, 0.5) is 0 Å². The molecule has 0 saturated heterocycles. The minimum Gasteiger partial charge on any atom is -1.00 e. The van der Waals surface area contributed by atoms with E-state index in [-0.39, 0.29) is 35.5 Å². The molecule has 0 aliphatic rings. The molecular weight excluding hydrogens is 216 g/mol. The van der Waals surface area contributed by atoms with Crippen LogP contribution >= 0.6 is 0 Å². The third kappa shape index (κ3) is 3.78. The van der Waals surface area contributed by atoms with Gasteiger partial charge in [0.2, 0.25) is 0 Å². The van der Waals surface area contributed by atoms with Gasteiger partial charge in [-0.2, -0.15) is 24.6 Å². The second-order valence-corrected chi connectivity index (χ2v) is 3.06. The van der Waals surface area contributed by atoms with Crippen LogP contribution in [0.15, 0.2) is 54.6 Å². The second kappa shape index (κ2) is 6.78. The van der Waals surface area contributed by atoms with E-state index >= 15 is 0 Å². The molecule has 2 rings (SSSR count). The van der Waals surface area contributed by atoms with Crippen LogP contribution < -0.4 is 12.4 Å². The first-order chi connectivity index (χ1) is 6.36. The van der Waals surface area contributed by atoms with Crippen molar-refractivity contribution in [2.45, 2.75) is 0 Å². The number of benzene rings is 2. The Morgan fingerprint density at radius 2 is 1.13 bits per heavy atom. The van der Waals surface area contributed by atoms with Crippen molar-refractivity contribution in [2.24, 2.45) is 0 Å². The van der Waals surface area contributed by atoms with Crippen molar-refractivity contribution in [3.8, 4) is 11.1 Å². The molecule has 2 aromatic carbocycles. The van der Waals surface area contributed by atoms with Gasteiger partial charge in [0.05, 0.1) is 0 Å². The second-order valence-electron chi connectivity index (χ2n) is 3.06. The summed E-state index contributed by atoms with van der Waals surface area (Å²) in [7, 11) is 0. The fourth-order valence-electron chi connectivity index (χ4n) is 1.33. The molecule has 0 fully saturated rings. The standard InChI is InChI=1S/C13H11.ClH.Mg/c1-11-7-9-13(10-8-11)12-5-3-2-4-6-12;;/h2-10H,1H2;1H;/q-1;;+2/p-1. The molecule has 0 radical (unpaired) electrons. The summed E-state index contributed by atoms with van der Waals surface area (Å²) in [5, 5.41) is 0. The molecule has 0 aliphatic heterocycles. The Morgan fingerprint density at radius 1 is 0.667 bits per heavy atom. The molecule has 0 bridgehead atoms. The fourth-order valence-corrected chi connectivity index (χ4v) is 1.33. The molecule has 0 aliphatic carbocycles. The van der Waals surface area contributed by atoms with Crippen molar-refractivity contribution in [1.29, 1.82) is 0 Å². The van der Waals surface area contributed by atoms with Gasteiger partial charge in [-0.05, 0) is 11.1 Å². The van der Waals surface area contributed by atoms with Crippen molar-refractivity contribution in [3.05, 3.63) is 67.1 Å². The molecule has 0 atom stereocenters. The predicted molar refractivity (Wildman–Crippen MR) is 62.1 cm³/mol. The molecule has 0 heterocycles. The molecule has 15 heavy (non-hydrogen) atoms. The molecule has 0 aromatic heterocycles. The Kier molecular flexibility index (Phi) is 6.49. The van der Waals surface area contributed by atoms with Crippen LogP contribution in [0.25, 0.3) is 11.1 Å². The monoisotopic (exact) mass is 226 g/mol. The van der Waals surface area contributed by atoms with E-state index in [9.17, 15) is 0 Å². The Bertz CT molecular complexity index is 381. The summed E-state index contributed by atoms with van der Waals surface area (Å²) in [4.78, 5) is 0. The number of hydrogen-bond donors (Lipinski definition) is 0. The van der Waals surface area contributed by atoms with Crippen LogP contribution in [0.5, 0.6) is 0 Å². The van der Waals surface area contributed by atoms with Gasteiger partial charge in [0.1, 0.15) is 0 Å². The van der Waals surface area contributed by atoms with Crippen molar-refractivity contribution in [1.82, 2.24) is 0 Å². The Labute approximate surface area is 113 Å². The quantitative estimate of drug-likeness (QED) is 0.480. The third-order valence-electron chi connectivity index (χ3n) is 2.06. The first kappa shape index (κ1) is 14.4. The number of halogens is 1. The van der Waals surface area contributed by atoms with Crippen LogP contribution in [0.3, 0.4) is 0 Å². The van der Waals surface area contributed by atoms with Crippen molar-refractivity contribution >= 4 is 23.1 Å². The molecule has 0 unspecified atom stereocenters. The van der Waals surface area contributed by atoms with Crippen molar-refractivity contribution in [3.63, 3.8) is 0 Å². The molecule has 72 valence electrons. The van der Waals surface area contributed by atoms with Gasteiger partial charge in [-0.25, -0.2) is 0 Å². The average Bonchev–Trinajstić information content (AvgIpc) is 2.20. The van der Waals surface area contributed by atoms with Gasteiger partial charge in [0, 0.05) is 0 Å². The summed E-state index contributed by atoms with van der Waals surface area (Å²) in [6.45, 7) is 3.86. The predicted octanol–water partition coefficient (Wildman–Crippen LogP) is 0.159. The van der Waals surface area contributed by atoms with E-state index in [0.717, 1.165) is 5.56 Å². The minimum absolute atomic E-state index is 0. The van der Waals surface area contributed by atoms with Gasteiger partial charge in [-0.15, -0.1) is 12.1 Å². The Hall–Kier alpha value is -0.634. The van der Waals surface area contributed by atoms with Gasteiger partial charge >= 0.3 is 23.1 Å². The largest absolute Gasteiger partial charge is 2.00 e. The van der Waals surface area contributed by atoms with Gasteiger partial charge in [0.15, 0.2) is 0 Å². The smallest absolute Gasteiger partial charge is 1.00 e. The zero-order valence-corrected chi connectivity index (χ0v) is 10.7. The molecule has 0 N–H and O–H groups in total. The maximum atomic E-state index is 3.86. The molecule has 0 spiro atoms. The summed E-state index contributed by atoms with van der Waals surface area (Å²) in [6, 6.07) is 18.6. The Balaban J connectivity index is 0.000000980. The summed E-state index contributed by atoms with van der Waals surface area (Å²) in [6.07, 6.45) is 0. The Morgan fingerprint density at radius 3 is 1.67 bits per heavy atom. The van der Waals surface area contributed by atoms with Crippen LogP contribution in [0, 0.1) is 6.92 Å². The molecule has 2 aromatic rings. The van der Waals surface area contributed by atoms with Crippen LogP contribution in [-0.2, 0) is 0 Å². The van der Waals surface area contributed by atoms with E-state index in [2.05, 4.69) is 31.2 Å². The summed E-state index contributed by atoms with van der Waals surface area (Å²) >= 11 is 0. The summed E-state index contributed by atoms with van der Waals surface area (Å²) in [5.41, 5.74) is 3.55. The average molecular weight is 227 g/mol. The molecule has 2 heteroatoms. The van der Waals surface area contributed by atoms with Crippen LogP contribution in [0.1, 0.15) is 5.56 Å². The van der Waals surface area contributed by atoms with Gasteiger partial charge in [-0.1, -0.05) is 30.3 Å². The fraction of sp³-hybridized carbons (Fsp3) is 0. The van der Waals surface area contributed by atoms with Gasteiger partial charge in [0.25, 0.3) is 0 Å². The van der Waals surface area contributed by atoms with Gasteiger partial charge < -0.3 is 12.4 Å². The van der Waals surface area contributed by atoms with Crippen molar-refractivity contribution in [2.75, 3.05) is 0 Å². The van der Waals surface area contributed by atoms with Crippen LogP contribution in [0.2, 0.25) is 0 Å². The van der Waals surface area contributed by atoms with Crippen molar-refractivity contribution < 1.29 is 12.4 Å². The van der Waals surface area contributed by atoms with E-state index < -0.39 is 0 Å². The maximum absolute atomic E-state index is 3.86. The molecule has 0 nitrogen and oxygen atoms in total. The van der Waals surface area contributed by atoms with E-state index in [1.807, 2.05) is 30.3 Å². The third-order valence-corrected chi connectivity index (χ3v) is 2.06. The zero-order chi connectivity index (χ0) is 9.10. The van der Waals surface area contributed by atoms with Crippen LogP contribution in [-0.4, -0.2) is 23.1 Å². The van der Waals surface area contributed by atoms with E-state index in [0.29, 0.717) is 0 Å². The van der Waals surface area contributed by atoms with E-state index in [4.69, 9.17) is 0 Å². The molecule has 0 amide bonds. The topological polar surface area (TPSA) is 0 Å². The minimum atomic E-state index is 0. The summed E-state index contributed by atoms with van der Waals surface area (Å²) in [5.74, 6) is 0. The first-order valence-electron chi connectivity index (χ1n) is 4.34. The zero-order valence-electron chi connectivity index (χ0n) is 8.49. The normalized spacial score (nSPS) is 8.53. The first-order valence-corrected chi connectivity index (χ1v) is 4.34. The molecular formula is C13H11ClMg. The summed E-state index contributed by atoms with van der Waals surface area (Å²) < 4.78 is 0. The van der Waals surface area contributed by atoms with Gasteiger partial charge in [-0.3, -0.25) is 0 Å². The SMILES string of the molecule is [CH2-]c1ccc(-c2ccccc2)cc1.[Cl-].[Mg+2]. The van der Waals surface area contributed by atoms with E-state index in [1.165, 1.54) is 11.1 Å². The van der Waals surface area contributed by atoms with E-state index in [1.54, 1.807) is 0 Å². The number of hydrogen-bond acceptors (Lipinski definition) is 0. The maximum Gasteiger partial charge on any atom is 2.00 e. The molecule has 0 saturated carbocycles.